The molecule has 1 aromatic carbocycles. The van der Waals surface area contributed by atoms with E-state index in [1.165, 1.54) is 66.9 Å². The number of carbonyl (C=O) groups excluding carboxylic acids is 1. The van der Waals surface area contributed by atoms with Gasteiger partial charge in [0, 0.05) is 33.2 Å². The molecule has 0 spiro atoms. The van der Waals surface area contributed by atoms with Crippen LogP contribution in [0.4, 0.5) is 0 Å². The fourth-order valence-corrected chi connectivity index (χ4v) is 8.78. The highest BCUT2D eigenvalue weighted by molar-refractivity contribution is 8.20. The molecule has 1 aliphatic heterocycles. The van der Waals surface area contributed by atoms with Crippen molar-refractivity contribution in [3.05, 3.63) is 47.8 Å². The third kappa shape index (κ3) is 3.37. The molecular formula is C24H29NOS2. The second-order valence-electron chi connectivity index (χ2n) is 8.65. The first kappa shape index (κ1) is 18.9. The molecule has 2 saturated carbocycles. The Hall–Kier alpha value is -1.13. The van der Waals surface area contributed by atoms with Gasteiger partial charge in [-0.05, 0) is 49.8 Å². The Bertz CT molecular complexity index is 821. The maximum atomic E-state index is 13.1. The van der Waals surface area contributed by atoms with Crippen LogP contribution in [0.25, 0.3) is 0 Å². The van der Waals surface area contributed by atoms with Gasteiger partial charge in [-0.1, -0.05) is 50.7 Å². The molecule has 2 fully saturated rings. The predicted molar refractivity (Wildman–Crippen MR) is 118 cm³/mol. The van der Waals surface area contributed by atoms with Gasteiger partial charge in [0.25, 0.3) is 0 Å². The largest absolute Gasteiger partial charge is 0.362 e. The second-order valence-corrected chi connectivity index (χ2v) is 11.5. The summed E-state index contributed by atoms with van der Waals surface area (Å²) >= 11 is 4.05. The average molecular weight is 412 g/mol. The lowest BCUT2D eigenvalue weighted by atomic mass is 9.83. The molecule has 0 atom stereocenters. The Labute approximate surface area is 176 Å². The van der Waals surface area contributed by atoms with Crippen LogP contribution < -0.4 is 0 Å². The van der Waals surface area contributed by atoms with Crippen molar-refractivity contribution in [3.63, 3.8) is 0 Å². The number of hydrogen-bond donors (Lipinski definition) is 1. The highest BCUT2D eigenvalue weighted by Crippen LogP contribution is 2.66. The van der Waals surface area contributed by atoms with Crippen LogP contribution in [-0.2, 0) is 4.08 Å². The van der Waals surface area contributed by atoms with Crippen molar-refractivity contribution in [2.45, 2.75) is 78.1 Å². The number of thioether (sulfide) groups is 2. The Kier molecular flexibility index (Phi) is 5.36. The summed E-state index contributed by atoms with van der Waals surface area (Å²) < 4.78 is -0.00476. The number of rotatable bonds is 4. The normalized spacial score (nSPS) is 22.9. The van der Waals surface area contributed by atoms with Gasteiger partial charge in [0.15, 0.2) is 5.78 Å². The monoisotopic (exact) mass is 411 g/mol. The lowest BCUT2D eigenvalue weighted by molar-refractivity contribution is 0.0889. The second kappa shape index (κ2) is 7.95. The molecule has 28 heavy (non-hydrogen) atoms. The van der Waals surface area contributed by atoms with Crippen LogP contribution in [0.2, 0.25) is 0 Å². The molecule has 1 aromatic heterocycles. The molecule has 148 valence electrons. The van der Waals surface area contributed by atoms with Crippen molar-refractivity contribution < 1.29 is 4.79 Å². The summed E-state index contributed by atoms with van der Waals surface area (Å²) in [5, 5.41) is 0. The first-order valence-corrected chi connectivity index (χ1v) is 12.6. The Morgan fingerprint density at radius 3 is 2.14 bits per heavy atom. The lowest BCUT2D eigenvalue weighted by Gasteiger charge is -2.37. The number of hydrogen-bond acceptors (Lipinski definition) is 3. The van der Waals surface area contributed by atoms with Crippen LogP contribution in [0.5, 0.6) is 0 Å². The van der Waals surface area contributed by atoms with E-state index in [2.05, 4.69) is 35.3 Å². The van der Waals surface area contributed by atoms with E-state index in [9.17, 15) is 4.79 Å². The third-order valence-electron chi connectivity index (χ3n) is 6.83. The maximum Gasteiger partial charge on any atom is 0.167 e. The van der Waals surface area contributed by atoms with Crippen LogP contribution in [0, 0.1) is 11.8 Å². The highest BCUT2D eigenvalue weighted by atomic mass is 32.2. The van der Waals surface area contributed by atoms with Gasteiger partial charge < -0.3 is 4.98 Å². The van der Waals surface area contributed by atoms with Crippen LogP contribution >= 0.6 is 23.5 Å². The van der Waals surface area contributed by atoms with Gasteiger partial charge >= 0.3 is 0 Å². The molecule has 4 heteroatoms. The smallest absolute Gasteiger partial charge is 0.167 e. The van der Waals surface area contributed by atoms with E-state index in [4.69, 9.17) is 0 Å². The number of ketones is 1. The molecule has 0 amide bonds. The lowest BCUT2D eigenvalue weighted by Crippen LogP contribution is -2.29. The van der Waals surface area contributed by atoms with Crippen molar-refractivity contribution in [1.82, 2.24) is 4.98 Å². The summed E-state index contributed by atoms with van der Waals surface area (Å²) in [4.78, 5) is 19.5. The van der Waals surface area contributed by atoms with E-state index in [0.29, 0.717) is 11.7 Å². The zero-order chi connectivity index (χ0) is 19.0. The molecule has 2 nitrogen and oxygen atoms in total. The standard InChI is InChI=1S/C24H29NOS2/c26-23(17-9-3-1-4-10-17)18-15-22(25-16-18)24(19-11-5-2-6-12-19)27-20-13-7-8-14-21(20)28-24/h7-8,13-17,19,25H,1-6,9-12H2. The molecule has 5 rings (SSSR count). The minimum Gasteiger partial charge on any atom is -0.362 e. The summed E-state index contributed by atoms with van der Waals surface area (Å²) in [5.74, 6) is 1.26. The van der Waals surface area contributed by atoms with Gasteiger partial charge in [0.2, 0.25) is 0 Å². The number of carbonyl (C=O) groups is 1. The molecule has 3 aliphatic rings. The van der Waals surface area contributed by atoms with Crippen LogP contribution in [0.3, 0.4) is 0 Å². The first-order valence-electron chi connectivity index (χ1n) is 11.0. The van der Waals surface area contributed by atoms with Crippen molar-refractivity contribution >= 4 is 29.3 Å². The molecule has 2 heterocycles. The zero-order valence-electron chi connectivity index (χ0n) is 16.4. The first-order chi connectivity index (χ1) is 13.8. The molecule has 2 aliphatic carbocycles. The maximum absolute atomic E-state index is 13.1. The predicted octanol–water partition coefficient (Wildman–Crippen LogP) is 7.41. The van der Waals surface area contributed by atoms with Gasteiger partial charge in [-0.25, -0.2) is 0 Å². The third-order valence-corrected chi connectivity index (χ3v) is 10.3. The fraction of sp³-hybridized carbons (Fsp3) is 0.542. The Morgan fingerprint density at radius 2 is 1.50 bits per heavy atom. The molecule has 0 unspecified atom stereocenters. The van der Waals surface area contributed by atoms with Crippen molar-refractivity contribution in [2.24, 2.45) is 11.8 Å². The van der Waals surface area contributed by atoms with Gasteiger partial charge in [0.1, 0.15) is 4.08 Å². The van der Waals surface area contributed by atoms with E-state index >= 15 is 0 Å². The van der Waals surface area contributed by atoms with E-state index < -0.39 is 0 Å². The van der Waals surface area contributed by atoms with E-state index in [1.807, 2.05) is 29.7 Å². The number of nitrogens with one attached hydrogen (secondary N) is 1. The van der Waals surface area contributed by atoms with Gasteiger partial charge in [-0.2, -0.15) is 0 Å². The molecule has 1 N–H and O–H groups in total. The fourth-order valence-electron chi connectivity index (χ4n) is 5.28. The number of aromatic nitrogens is 1. The average Bonchev–Trinajstić information content (AvgIpc) is 3.40. The Morgan fingerprint density at radius 1 is 0.893 bits per heavy atom. The number of benzene rings is 1. The summed E-state index contributed by atoms with van der Waals surface area (Å²) in [5.41, 5.74) is 2.17. The van der Waals surface area contributed by atoms with E-state index in [0.717, 1.165) is 18.4 Å². The summed E-state index contributed by atoms with van der Waals surface area (Å²) in [6.07, 6.45) is 14.5. The molecule has 0 bridgehead atoms. The summed E-state index contributed by atoms with van der Waals surface area (Å²) in [6.45, 7) is 0. The van der Waals surface area contributed by atoms with Gasteiger partial charge in [0.05, 0.1) is 0 Å². The SMILES string of the molecule is O=C(c1c[nH]c(C2(C3CCCCC3)Sc3ccccc3S2)c1)C1CCCCC1. The van der Waals surface area contributed by atoms with E-state index in [-0.39, 0.29) is 10.00 Å². The van der Waals surface area contributed by atoms with E-state index in [1.54, 1.807) is 0 Å². The van der Waals surface area contributed by atoms with Gasteiger partial charge in [-0.15, -0.1) is 23.5 Å². The number of Topliss-reactive ketones (excluding diaryl/α,β-unsaturated/α-hetero) is 1. The van der Waals surface area contributed by atoms with Gasteiger partial charge in [-0.3, -0.25) is 4.79 Å². The highest BCUT2D eigenvalue weighted by Gasteiger charge is 2.48. The molecule has 0 saturated heterocycles. The van der Waals surface area contributed by atoms with Crippen molar-refractivity contribution in [3.8, 4) is 0 Å². The Balaban J connectivity index is 1.47. The molecular weight excluding hydrogens is 382 g/mol. The minimum absolute atomic E-state index is 0.00476. The zero-order valence-corrected chi connectivity index (χ0v) is 18.0. The minimum atomic E-state index is -0.00476. The summed E-state index contributed by atoms with van der Waals surface area (Å²) in [6, 6.07) is 11.0. The van der Waals surface area contributed by atoms with Crippen LogP contribution in [0.15, 0.2) is 46.3 Å². The molecule has 2 aromatic rings. The van der Waals surface area contributed by atoms with Crippen LogP contribution in [-0.4, -0.2) is 10.8 Å². The quantitative estimate of drug-likeness (QED) is 0.532. The number of H-pyrrole nitrogens is 1. The van der Waals surface area contributed by atoms with Crippen molar-refractivity contribution in [1.29, 1.82) is 0 Å². The van der Waals surface area contributed by atoms with Crippen molar-refractivity contribution in [2.75, 3.05) is 0 Å². The topological polar surface area (TPSA) is 32.9 Å². The van der Waals surface area contributed by atoms with Crippen LogP contribution in [0.1, 0.15) is 80.3 Å². The number of aromatic amines is 1. The molecule has 0 radical (unpaired) electrons. The summed E-state index contributed by atoms with van der Waals surface area (Å²) in [7, 11) is 0. The number of fused-ring (bicyclic) bond motifs is 1.